The number of halogens is 5. The Labute approximate surface area is 201 Å². The van der Waals surface area contributed by atoms with Gasteiger partial charge in [-0.3, -0.25) is 0 Å². The number of fused-ring (bicyclic) bond motifs is 1. The van der Waals surface area contributed by atoms with Gasteiger partial charge < -0.3 is 20.9 Å². The van der Waals surface area contributed by atoms with Crippen LogP contribution in [0.25, 0.3) is 10.2 Å². The Kier molecular flexibility index (Phi) is 8.41. The number of aliphatic carboxylic acids is 1. The van der Waals surface area contributed by atoms with E-state index in [1.54, 1.807) is 11.3 Å². The summed E-state index contributed by atoms with van der Waals surface area (Å²) in [6, 6.07) is 12.0. The van der Waals surface area contributed by atoms with E-state index in [1.807, 2.05) is 24.3 Å². The van der Waals surface area contributed by atoms with Crippen LogP contribution in [0.1, 0.15) is 22.8 Å². The molecule has 33 heavy (non-hydrogen) atoms. The van der Waals surface area contributed by atoms with Gasteiger partial charge in [-0.25, -0.2) is 9.78 Å². The molecule has 12 heteroatoms. The molecule has 3 aromatic rings. The molecule has 2 aromatic heterocycles. The Morgan fingerprint density at radius 1 is 1.30 bits per heavy atom. The summed E-state index contributed by atoms with van der Waals surface area (Å²) >= 11 is 14.6. The van der Waals surface area contributed by atoms with E-state index in [4.69, 9.17) is 43.6 Å². The second-order valence-electron chi connectivity index (χ2n) is 7.23. The van der Waals surface area contributed by atoms with Crippen molar-refractivity contribution < 1.29 is 27.8 Å². The monoisotopic (exact) mass is 521 g/mol. The smallest absolute Gasteiger partial charge is 0.475 e. The van der Waals surface area contributed by atoms with Crippen molar-refractivity contribution in [3.8, 4) is 0 Å². The molecule has 2 atom stereocenters. The van der Waals surface area contributed by atoms with Gasteiger partial charge in [0.2, 0.25) is 0 Å². The highest BCUT2D eigenvalue weighted by Gasteiger charge is 2.38. The number of carboxylic acid groups (broad SMARTS) is 1. The second-order valence-corrected chi connectivity index (χ2v) is 9.04. The van der Waals surface area contributed by atoms with E-state index < -0.39 is 12.1 Å². The average molecular weight is 522 g/mol. The van der Waals surface area contributed by atoms with Gasteiger partial charge in [-0.15, -0.1) is 11.3 Å². The molecule has 3 heterocycles. The second kappa shape index (κ2) is 10.9. The summed E-state index contributed by atoms with van der Waals surface area (Å²) in [6.07, 6.45) is -4.21. The number of rotatable bonds is 4. The number of nitrogens with zero attached hydrogens (tertiary/aromatic N) is 1. The molecule has 1 aromatic carbocycles. The van der Waals surface area contributed by atoms with Crippen LogP contribution in [0.5, 0.6) is 0 Å². The lowest BCUT2D eigenvalue weighted by molar-refractivity contribution is -0.192. The summed E-state index contributed by atoms with van der Waals surface area (Å²) in [5, 5.41) is 11.7. The van der Waals surface area contributed by atoms with Crippen molar-refractivity contribution in [2.24, 2.45) is 5.73 Å². The first-order chi connectivity index (χ1) is 15.6. The van der Waals surface area contributed by atoms with Gasteiger partial charge in [0.15, 0.2) is 0 Å². The fourth-order valence-electron chi connectivity index (χ4n) is 3.27. The lowest BCUT2D eigenvalue weighted by Crippen LogP contribution is -2.37. The zero-order valence-electron chi connectivity index (χ0n) is 17.0. The third-order valence-electron chi connectivity index (χ3n) is 4.88. The maximum absolute atomic E-state index is 10.6. The minimum atomic E-state index is -5.08. The summed E-state index contributed by atoms with van der Waals surface area (Å²) in [4.78, 5) is 14.4. The zero-order chi connectivity index (χ0) is 24.2. The van der Waals surface area contributed by atoms with Crippen molar-refractivity contribution in [2.45, 2.75) is 31.1 Å². The van der Waals surface area contributed by atoms with Gasteiger partial charge in [-0.1, -0.05) is 53.5 Å². The van der Waals surface area contributed by atoms with Crippen molar-refractivity contribution >= 4 is 56.4 Å². The first kappa shape index (κ1) is 25.5. The van der Waals surface area contributed by atoms with Gasteiger partial charge in [-0.05, 0) is 12.0 Å². The Bertz CT molecular complexity index is 1110. The highest BCUT2D eigenvalue weighted by atomic mass is 35.5. The van der Waals surface area contributed by atoms with Crippen LogP contribution in [0.3, 0.4) is 0 Å². The number of pyridine rings is 1. The predicted octanol–water partition coefficient (Wildman–Crippen LogP) is 5.68. The van der Waals surface area contributed by atoms with Crippen molar-refractivity contribution in [1.29, 1.82) is 0 Å². The number of nitrogens with one attached hydrogen (secondary N) is 1. The number of hydrogen-bond acceptors (Lipinski definition) is 6. The Morgan fingerprint density at radius 3 is 2.58 bits per heavy atom. The van der Waals surface area contributed by atoms with Gasteiger partial charge in [0.1, 0.15) is 10.7 Å². The fraction of sp³-hybridized carbons (Fsp3) is 0.333. The van der Waals surface area contributed by atoms with Crippen molar-refractivity contribution in [3.05, 3.63) is 57.0 Å². The van der Waals surface area contributed by atoms with E-state index in [0.29, 0.717) is 29.9 Å². The van der Waals surface area contributed by atoms with Gasteiger partial charge in [0.25, 0.3) is 0 Å². The number of carbonyl (C=O) groups is 1. The van der Waals surface area contributed by atoms with E-state index >= 15 is 0 Å². The Morgan fingerprint density at radius 2 is 1.97 bits per heavy atom. The first-order valence-electron chi connectivity index (χ1n) is 9.77. The Balaban J connectivity index is 0.000000383. The number of aromatic nitrogens is 1. The molecular weight excluding hydrogens is 502 g/mol. The molecule has 0 bridgehead atoms. The van der Waals surface area contributed by atoms with E-state index in [0.717, 1.165) is 27.2 Å². The molecule has 0 amide bonds. The first-order valence-corrected chi connectivity index (χ1v) is 11.3. The van der Waals surface area contributed by atoms with Crippen molar-refractivity contribution in [2.75, 3.05) is 18.5 Å². The van der Waals surface area contributed by atoms with Gasteiger partial charge in [0.05, 0.1) is 22.0 Å². The molecule has 1 fully saturated rings. The highest BCUT2D eigenvalue weighted by Crippen LogP contribution is 2.45. The fourth-order valence-corrected chi connectivity index (χ4v) is 5.25. The minimum Gasteiger partial charge on any atom is -0.475 e. The van der Waals surface area contributed by atoms with Crippen LogP contribution in [0, 0.1) is 0 Å². The molecule has 1 aliphatic heterocycles. The molecule has 178 valence electrons. The number of thiophene rings is 1. The van der Waals surface area contributed by atoms with Crippen molar-refractivity contribution in [1.82, 2.24) is 4.98 Å². The molecule has 0 spiro atoms. The van der Waals surface area contributed by atoms with E-state index in [2.05, 4.69) is 22.4 Å². The van der Waals surface area contributed by atoms with Gasteiger partial charge in [-0.2, -0.15) is 13.2 Å². The summed E-state index contributed by atoms with van der Waals surface area (Å²) in [5.74, 6) is -2.57. The number of hydrogen-bond donors (Lipinski definition) is 3. The molecule has 4 N–H and O–H groups in total. The lowest BCUT2D eigenvalue weighted by atomic mass is 9.94. The summed E-state index contributed by atoms with van der Waals surface area (Å²) in [7, 11) is 0. The molecular formula is C21H20Cl2F3N3O3S. The van der Waals surface area contributed by atoms with E-state index in [1.165, 1.54) is 5.56 Å². The summed E-state index contributed by atoms with van der Waals surface area (Å²) in [5.41, 5.74) is 9.15. The highest BCUT2D eigenvalue weighted by molar-refractivity contribution is 7.20. The van der Waals surface area contributed by atoms with Crippen LogP contribution in [-0.4, -0.2) is 41.5 Å². The maximum Gasteiger partial charge on any atom is 0.490 e. The number of benzene rings is 1. The molecule has 0 radical (unpaired) electrons. The standard InChI is InChI=1S/C19H19Cl2N3OS.C2HF3O2/c20-15-8-14(23-9-11-4-2-1-3-5-11)19-17(24-15)16(21)18(26-19)12-6-7-25-10-13(12)22;3-2(4,5)1(6)7/h1-5,8,12-13H,6-7,9-10,22H2,(H,23,24);(H,6,7)/t12-,13-;/m0./s1. The molecule has 0 saturated carbocycles. The largest absolute Gasteiger partial charge is 0.490 e. The SMILES string of the molecule is N[C@H]1COCC[C@@H]1c1sc2c(NCc3ccccc3)cc(Cl)nc2c1Cl.O=C(O)C(F)(F)F. The van der Waals surface area contributed by atoms with E-state index in [9.17, 15) is 13.2 Å². The molecule has 4 rings (SSSR count). The van der Waals surface area contributed by atoms with Gasteiger partial charge >= 0.3 is 12.1 Å². The number of nitrogens with two attached hydrogens (primary N) is 1. The number of anilines is 1. The van der Waals surface area contributed by atoms with Crippen molar-refractivity contribution in [3.63, 3.8) is 0 Å². The average Bonchev–Trinajstić information content (AvgIpc) is 3.09. The predicted molar refractivity (Wildman–Crippen MR) is 123 cm³/mol. The summed E-state index contributed by atoms with van der Waals surface area (Å²) in [6.45, 7) is 1.97. The lowest BCUT2D eigenvalue weighted by Gasteiger charge is -2.28. The molecule has 0 aliphatic carbocycles. The zero-order valence-corrected chi connectivity index (χ0v) is 19.4. The third kappa shape index (κ3) is 6.48. The van der Waals surface area contributed by atoms with Gasteiger partial charge in [0, 0.05) is 36.1 Å². The number of alkyl halides is 3. The molecule has 1 aliphatic rings. The Hall–Kier alpha value is -2.11. The minimum absolute atomic E-state index is 0.0505. The van der Waals surface area contributed by atoms with Crippen LogP contribution in [0.4, 0.5) is 18.9 Å². The molecule has 1 saturated heterocycles. The van der Waals surface area contributed by atoms with Crippen LogP contribution in [-0.2, 0) is 16.1 Å². The summed E-state index contributed by atoms with van der Waals surface area (Å²) < 4.78 is 38.2. The maximum atomic E-state index is 10.6. The number of ether oxygens (including phenoxy) is 1. The third-order valence-corrected chi connectivity index (χ3v) is 6.92. The topological polar surface area (TPSA) is 97.5 Å². The van der Waals surface area contributed by atoms with E-state index in [-0.39, 0.29) is 12.0 Å². The van der Waals surface area contributed by atoms with Crippen LogP contribution in [0.2, 0.25) is 10.2 Å². The van der Waals surface area contributed by atoms with Crippen LogP contribution in [0.15, 0.2) is 36.4 Å². The number of carboxylic acids is 1. The van der Waals surface area contributed by atoms with Crippen LogP contribution < -0.4 is 11.1 Å². The molecule has 6 nitrogen and oxygen atoms in total. The molecule has 0 unspecified atom stereocenters. The quantitative estimate of drug-likeness (QED) is 0.382. The van der Waals surface area contributed by atoms with Crippen LogP contribution >= 0.6 is 34.5 Å². The normalized spacial score (nSPS) is 18.5.